The Labute approximate surface area is 311 Å². The zero-order valence-corrected chi connectivity index (χ0v) is 29.0. The highest BCUT2D eigenvalue weighted by Crippen LogP contribution is 2.41. The molecule has 54 heavy (non-hydrogen) atoms. The largest absolute Gasteiger partial charge is 0.507 e. The first kappa shape index (κ1) is 31.4. The highest BCUT2D eigenvalue weighted by Gasteiger charge is 2.19. The van der Waals surface area contributed by atoms with Crippen LogP contribution < -0.4 is 0 Å². The maximum atomic E-state index is 11.5. The molecule has 0 radical (unpaired) electrons. The molecule has 0 aliphatic rings. The Balaban J connectivity index is 1.12. The van der Waals surface area contributed by atoms with E-state index < -0.39 is 0 Å². The number of rotatable bonds is 6. The second kappa shape index (κ2) is 13.0. The molecule has 2 aromatic heterocycles. The Morgan fingerprint density at radius 1 is 0.352 bits per heavy atom. The predicted molar refractivity (Wildman–Crippen MR) is 219 cm³/mol. The summed E-state index contributed by atoms with van der Waals surface area (Å²) in [7, 11) is 0. The molecular weight excluding hydrogens is 663 g/mol. The van der Waals surface area contributed by atoms with Gasteiger partial charge in [0.2, 0.25) is 0 Å². The minimum Gasteiger partial charge on any atom is -0.507 e. The van der Waals surface area contributed by atoms with Crippen LogP contribution in [0.2, 0.25) is 0 Å². The number of phenolic OH excluding ortho intramolecular Hbond substituents is 1. The molecule has 0 aliphatic carbocycles. The Kier molecular flexibility index (Phi) is 7.55. The third-order valence-corrected chi connectivity index (χ3v) is 10.0. The molecule has 10 rings (SSSR count). The fourth-order valence-electron chi connectivity index (χ4n) is 7.32. The number of furan rings is 1. The average Bonchev–Trinajstić information content (AvgIpc) is 3.62. The molecule has 0 aliphatic heterocycles. The summed E-state index contributed by atoms with van der Waals surface area (Å²) in [6, 6.07) is 61.2. The SMILES string of the molecule is Oc1cccc(-c2nc(-c3ccc(-c4ccccc4)cc3)nc(-c3ccc4ccccc4c3)n2)c1-c1cccc(-c2ccc3oc4ccccc4c3c2)c1. The van der Waals surface area contributed by atoms with Crippen LogP contribution in [0.1, 0.15) is 0 Å². The molecular formula is C49H31N3O2. The van der Waals surface area contributed by atoms with E-state index >= 15 is 0 Å². The summed E-state index contributed by atoms with van der Waals surface area (Å²) in [5.41, 5.74) is 9.97. The van der Waals surface area contributed by atoms with Gasteiger partial charge in [0.1, 0.15) is 16.9 Å². The number of hydrogen-bond donors (Lipinski definition) is 1. The van der Waals surface area contributed by atoms with E-state index in [4.69, 9.17) is 19.4 Å². The lowest BCUT2D eigenvalue weighted by Crippen LogP contribution is -2.01. The van der Waals surface area contributed by atoms with Crippen molar-refractivity contribution in [2.24, 2.45) is 0 Å². The van der Waals surface area contributed by atoms with Gasteiger partial charge in [0, 0.05) is 33.0 Å². The van der Waals surface area contributed by atoms with Crippen molar-refractivity contribution in [1.29, 1.82) is 0 Å². The monoisotopic (exact) mass is 693 g/mol. The summed E-state index contributed by atoms with van der Waals surface area (Å²) in [6.45, 7) is 0. The van der Waals surface area contributed by atoms with Gasteiger partial charge in [-0.05, 0) is 75.0 Å². The van der Waals surface area contributed by atoms with E-state index in [2.05, 4.69) is 97.1 Å². The van der Waals surface area contributed by atoms with E-state index in [0.717, 1.165) is 71.7 Å². The second-order valence-electron chi connectivity index (χ2n) is 13.4. The van der Waals surface area contributed by atoms with Crippen LogP contribution in [0.25, 0.3) is 100 Å². The fourth-order valence-corrected chi connectivity index (χ4v) is 7.32. The van der Waals surface area contributed by atoms with Gasteiger partial charge in [-0.25, -0.2) is 15.0 Å². The van der Waals surface area contributed by atoms with Gasteiger partial charge in [0.25, 0.3) is 0 Å². The van der Waals surface area contributed by atoms with Gasteiger partial charge in [-0.3, -0.25) is 0 Å². The van der Waals surface area contributed by atoms with Crippen LogP contribution in [0, 0.1) is 0 Å². The lowest BCUT2D eigenvalue weighted by Gasteiger charge is -2.14. The summed E-state index contributed by atoms with van der Waals surface area (Å²) >= 11 is 0. The number of aromatic nitrogens is 3. The molecule has 0 atom stereocenters. The second-order valence-corrected chi connectivity index (χ2v) is 13.4. The number of para-hydroxylation sites is 1. The van der Waals surface area contributed by atoms with Gasteiger partial charge in [0.05, 0.1) is 0 Å². The van der Waals surface area contributed by atoms with E-state index in [9.17, 15) is 5.11 Å². The van der Waals surface area contributed by atoms with Crippen molar-refractivity contribution in [2.75, 3.05) is 0 Å². The lowest BCUT2D eigenvalue weighted by atomic mass is 9.94. The summed E-state index contributed by atoms with van der Waals surface area (Å²) in [4.78, 5) is 15.2. The number of nitrogens with zero attached hydrogens (tertiary/aromatic N) is 3. The Morgan fingerprint density at radius 3 is 1.81 bits per heavy atom. The van der Waals surface area contributed by atoms with Crippen molar-refractivity contribution in [1.82, 2.24) is 15.0 Å². The van der Waals surface area contributed by atoms with Crippen molar-refractivity contribution in [3.63, 3.8) is 0 Å². The van der Waals surface area contributed by atoms with Crippen LogP contribution >= 0.6 is 0 Å². The summed E-state index contributed by atoms with van der Waals surface area (Å²) in [6.07, 6.45) is 0. The first-order valence-electron chi connectivity index (χ1n) is 17.9. The van der Waals surface area contributed by atoms with Gasteiger partial charge >= 0.3 is 0 Å². The molecule has 0 saturated carbocycles. The first-order valence-corrected chi connectivity index (χ1v) is 17.9. The minimum absolute atomic E-state index is 0.141. The molecule has 5 heteroatoms. The third kappa shape index (κ3) is 5.65. The maximum absolute atomic E-state index is 11.5. The molecule has 0 amide bonds. The third-order valence-electron chi connectivity index (χ3n) is 10.0. The fraction of sp³-hybridized carbons (Fsp3) is 0. The van der Waals surface area contributed by atoms with Gasteiger partial charge < -0.3 is 9.52 Å². The number of aromatic hydroxyl groups is 1. The molecule has 0 spiro atoms. The Hall–Kier alpha value is -7.37. The maximum Gasteiger partial charge on any atom is 0.164 e. The van der Waals surface area contributed by atoms with Crippen molar-refractivity contribution in [3.05, 3.63) is 182 Å². The topological polar surface area (TPSA) is 72.0 Å². The van der Waals surface area contributed by atoms with Crippen LogP contribution in [-0.2, 0) is 0 Å². The van der Waals surface area contributed by atoms with Crippen LogP contribution in [0.5, 0.6) is 5.75 Å². The summed E-state index contributed by atoms with van der Waals surface area (Å²) < 4.78 is 6.09. The van der Waals surface area contributed by atoms with Crippen molar-refractivity contribution >= 4 is 32.7 Å². The zero-order chi connectivity index (χ0) is 36.0. The molecule has 10 aromatic rings. The molecule has 0 saturated heterocycles. The minimum atomic E-state index is 0.141. The van der Waals surface area contributed by atoms with Crippen molar-refractivity contribution in [3.8, 4) is 73.3 Å². The highest BCUT2D eigenvalue weighted by molar-refractivity contribution is 6.06. The first-order chi connectivity index (χ1) is 26.6. The van der Waals surface area contributed by atoms with Crippen LogP contribution in [0.3, 0.4) is 0 Å². The number of hydrogen-bond acceptors (Lipinski definition) is 5. The van der Waals surface area contributed by atoms with E-state index in [1.165, 1.54) is 0 Å². The molecule has 2 heterocycles. The van der Waals surface area contributed by atoms with E-state index in [-0.39, 0.29) is 5.75 Å². The van der Waals surface area contributed by atoms with Gasteiger partial charge in [-0.2, -0.15) is 0 Å². The summed E-state index contributed by atoms with van der Waals surface area (Å²) in [5.74, 6) is 1.71. The molecule has 0 fully saturated rings. The Morgan fingerprint density at radius 2 is 0.944 bits per heavy atom. The van der Waals surface area contributed by atoms with Gasteiger partial charge in [-0.15, -0.1) is 0 Å². The predicted octanol–water partition coefficient (Wildman–Crippen LogP) is 12.6. The van der Waals surface area contributed by atoms with E-state index in [0.29, 0.717) is 28.6 Å². The average molecular weight is 694 g/mol. The Bertz CT molecular complexity index is 3000. The lowest BCUT2D eigenvalue weighted by molar-refractivity contribution is 0.477. The standard InChI is InChI=1S/C49H31N3O2/c53-43-18-9-17-41(46(43)38-15-8-14-36(28-38)37-26-27-45-42(30-37)40-16-6-7-19-44(40)54-45)49-51-47(34-23-20-33(21-24-34)31-10-2-1-3-11-31)50-48(52-49)39-25-22-32-12-4-5-13-35(32)29-39/h1-30,53H. The molecule has 8 aromatic carbocycles. The van der Waals surface area contributed by atoms with E-state index in [1.54, 1.807) is 6.07 Å². The van der Waals surface area contributed by atoms with Crippen molar-refractivity contribution < 1.29 is 9.52 Å². The van der Waals surface area contributed by atoms with E-state index in [1.807, 2.05) is 78.9 Å². The number of fused-ring (bicyclic) bond motifs is 4. The molecule has 0 unspecified atom stereocenters. The quantitative estimate of drug-likeness (QED) is 0.188. The normalized spacial score (nSPS) is 11.4. The van der Waals surface area contributed by atoms with Crippen LogP contribution in [0.15, 0.2) is 186 Å². The number of benzene rings is 8. The zero-order valence-electron chi connectivity index (χ0n) is 29.0. The van der Waals surface area contributed by atoms with Crippen molar-refractivity contribution in [2.45, 2.75) is 0 Å². The molecule has 254 valence electrons. The molecule has 1 N–H and O–H groups in total. The summed E-state index contributed by atoms with van der Waals surface area (Å²) in [5, 5.41) is 15.9. The van der Waals surface area contributed by atoms with Crippen LogP contribution in [0.4, 0.5) is 0 Å². The smallest absolute Gasteiger partial charge is 0.164 e. The molecule has 5 nitrogen and oxygen atoms in total. The van der Waals surface area contributed by atoms with Gasteiger partial charge in [0.15, 0.2) is 17.5 Å². The van der Waals surface area contributed by atoms with Crippen LogP contribution in [-0.4, -0.2) is 20.1 Å². The highest BCUT2D eigenvalue weighted by atomic mass is 16.3. The molecule has 0 bridgehead atoms. The van der Waals surface area contributed by atoms with Gasteiger partial charge in [-0.1, -0.05) is 146 Å². The number of phenols is 1.